The number of rotatable bonds is 7. The maximum absolute atomic E-state index is 12.9. The van der Waals surface area contributed by atoms with Crippen molar-refractivity contribution < 1.29 is 19.4 Å². The predicted octanol–water partition coefficient (Wildman–Crippen LogP) is 6.61. The number of carboxylic acid groups (broad SMARTS) is 1. The minimum absolute atomic E-state index is 0.0230. The quantitative estimate of drug-likeness (QED) is 0.221. The molecule has 40 heavy (non-hydrogen) atoms. The van der Waals surface area contributed by atoms with Crippen LogP contribution >= 0.6 is 15.9 Å². The van der Waals surface area contributed by atoms with Gasteiger partial charge in [-0.05, 0) is 59.0 Å². The number of imidazole rings is 1. The number of ether oxygens (including phenoxy) is 1. The summed E-state index contributed by atoms with van der Waals surface area (Å²) in [6.45, 7) is 2.08. The van der Waals surface area contributed by atoms with Gasteiger partial charge in [0, 0.05) is 28.6 Å². The van der Waals surface area contributed by atoms with Gasteiger partial charge in [0.2, 0.25) is 0 Å². The number of carbonyl (C=O) groups excluding carboxylic acids is 1. The highest BCUT2D eigenvalue weighted by atomic mass is 79.9. The summed E-state index contributed by atoms with van der Waals surface area (Å²) in [5.41, 5.74) is 8.37. The van der Waals surface area contributed by atoms with Crippen molar-refractivity contribution in [3.05, 3.63) is 118 Å². The van der Waals surface area contributed by atoms with Crippen LogP contribution < -0.4 is 5.32 Å². The zero-order valence-corrected chi connectivity index (χ0v) is 23.3. The van der Waals surface area contributed by atoms with Gasteiger partial charge >= 0.3 is 12.1 Å². The fourth-order valence-corrected chi connectivity index (χ4v) is 5.67. The van der Waals surface area contributed by atoms with Crippen LogP contribution in [0.2, 0.25) is 0 Å². The van der Waals surface area contributed by atoms with Crippen LogP contribution in [0.4, 0.5) is 4.79 Å². The number of aryl methyl sites for hydroxylation is 1. The van der Waals surface area contributed by atoms with Gasteiger partial charge in [0.05, 0.1) is 11.4 Å². The van der Waals surface area contributed by atoms with Crippen molar-refractivity contribution in [2.24, 2.45) is 0 Å². The lowest BCUT2D eigenvalue weighted by atomic mass is 9.98. The number of carboxylic acids is 1. The molecule has 1 aliphatic carbocycles. The molecule has 0 bridgehead atoms. The van der Waals surface area contributed by atoms with Gasteiger partial charge in [0.1, 0.15) is 18.3 Å². The van der Waals surface area contributed by atoms with E-state index in [2.05, 4.69) is 33.4 Å². The maximum atomic E-state index is 12.9. The molecule has 5 aromatic rings. The van der Waals surface area contributed by atoms with E-state index in [9.17, 15) is 14.7 Å². The van der Waals surface area contributed by atoms with E-state index < -0.39 is 18.1 Å². The van der Waals surface area contributed by atoms with Crippen LogP contribution in [0.25, 0.3) is 28.0 Å². The maximum Gasteiger partial charge on any atom is 0.407 e. The SMILES string of the molecule is Cc1ccn2c(CC(NC(=O)OCC3c4ccccc4-c4ccccc43)C(=O)O)c(-c3ccc(Br)cc3)nc2c1. The summed E-state index contributed by atoms with van der Waals surface area (Å²) in [5, 5.41) is 12.7. The van der Waals surface area contributed by atoms with E-state index in [-0.39, 0.29) is 18.9 Å². The summed E-state index contributed by atoms with van der Waals surface area (Å²) in [6, 6.07) is 26.5. The lowest BCUT2D eigenvalue weighted by molar-refractivity contribution is -0.139. The summed E-state index contributed by atoms with van der Waals surface area (Å²) in [5.74, 6) is -1.27. The molecule has 1 amide bonds. The Morgan fingerprint density at radius 3 is 2.30 bits per heavy atom. The molecule has 0 aliphatic heterocycles. The smallest absolute Gasteiger partial charge is 0.407 e. The Hall–Kier alpha value is -4.43. The Bertz CT molecular complexity index is 1700. The second kappa shape index (κ2) is 10.6. The first-order valence-corrected chi connectivity index (χ1v) is 13.8. The standard InChI is InChI=1S/C32H26BrN3O4/c1-19-14-15-36-28(30(35-29(36)16-19)20-10-12-21(33)13-11-20)17-27(31(37)38)34-32(39)40-18-26-24-8-4-2-6-22(24)23-7-3-5-9-25(23)26/h2-16,26-27H,17-18H2,1H3,(H,34,39)(H,37,38). The van der Waals surface area contributed by atoms with Gasteiger partial charge in [0.25, 0.3) is 0 Å². The normalized spacial score (nSPS) is 13.1. The molecular formula is C32H26BrN3O4. The second-order valence-electron chi connectivity index (χ2n) is 9.91. The van der Waals surface area contributed by atoms with Gasteiger partial charge < -0.3 is 19.6 Å². The van der Waals surface area contributed by atoms with Crippen LogP contribution in [0.15, 0.2) is 95.6 Å². The van der Waals surface area contributed by atoms with Crippen molar-refractivity contribution in [2.75, 3.05) is 6.61 Å². The molecule has 6 rings (SSSR count). The topological polar surface area (TPSA) is 92.9 Å². The van der Waals surface area contributed by atoms with E-state index in [4.69, 9.17) is 9.72 Å². The fraction of sp³-hybridized carbons (Fsp3) is 0.156. The molecule has 2 aromatic heterocycles. The van der Waals surface area contributed by atoms with E-state index in [1.807, 2.05) is 90.3 Å². The number of nitrogens with one attached hydrogen (secondary N) is 1. The summed E-state index contributed by atoms with van der Waals surface area (Å²) < 4.78 is 8.43. The van der Waals surface area contributed by atoms with Crippen LogP contribution in [-0.4, -0.2) is 39.2 Å². The number of fused-ring (bicyclic) bond motifs is 4. The zero-order chi connectivity index (χ0) is 27.8. The lowest BCUT2D eigenvalue weighted by Crippen LogP contribution is -2.43. The molecule has 1 unspecified atom stereocenters. The number of amides is 1. The molecule has 0 fully saturated rings. The van der Waals surface area contributed by atoms with Gasteiger partial charge in [-0.25, -0.2) is 14.6 Å². The molecule has 0 saturated carbocycles. The number of hydrogen-bond donors (Lipinski definition) is 2. The number of hydrogen-bond acceptors (Lipinski definition) is 4. The van der Waals surface area contributed by atoms with Crippen LogP contribution in [0.5, 0.6) is 0 Å². The molecular weight excluding hydrogens is 570 g/mol. The molecule has 0 radical (unpaired) electrons. The number of aromatic nitrogens is 2. The number of nitrogens with zero attached hydrogens (tertiary/aromatic N) is 2. The fourth-order valence-electron chi connectivity index (χ4n) is 5.41. The van der Waals surface area contributed by atoms with Crippen molar-refractivity contribution in [3.63, 3.8) is 0 Å². The van der Waals surface area contributed by atoms with E-state index in [1.54, 1.807) is 0 Å². The average molecular weight is 596 g/mol. The molecule has 0 saturated heterocycles. The van der Waals surface area contributed by atoms with Gasteiger partial charge in [0.15, 0.2) is 0 Å². The minimum atomic E-state index is -1.22. The Labute approximate surface area is 239 Å². The summed E-state index contributed by atoms with van der Waals surface area (Å²) in [4.78, 5) is 30.1. The molecule has 1 aliphatic rings. The first-order valence-electron chi connectivity index (χ1n) is 13.0. The minimum Gasteiger partial charge on any atom is -0.480 e. The van der Waals surface area contributed by atoms with Gasteiger partial charge in [-0.15, -0.1) is 0 Å². The van der Waals surface area contributed by atoms with Gasteiger partial charge in [-0.3, -0.25) is 0 Å². The first-order chi connectivity index (χ1) is 19.4. The number of halogens is 1. The van der Waals surface area contributed by atoms with Crippen LogP contribution in [-0.2, 0) is 16.0 Å². The van der Waals surface area contributed by atoms with Crippen LogP contribution in [0.3, 0.4) is 0 Å². The third kappa shape index (κ3) is 4.86. The molecule has 7 nitrogen and oxygen atoms in total. The Balaban J connectivity index is 1.23. The summed E-state index contributed by atoms with van der Waals surface area (Å²) >= 11 is 3.46. The number of aliphatic carboxylic acids is 1. The highest BCUT2D eigenvalue weighted by Gasteiger charge is 2.30. The van der Waals surface area contributed by atoms with E-state index >= 15 is 0 Å². The first kappa shape index (κ1) is 25.8. The van der Waals surface area contributed by atoms with Crippen molar-refractivity contribution >= 4 is 33.6 Å². The number of benzene rings is 3. The monoisotopic (exact) mass is 595 g/mol. The van der Waals surface area contributed by atoms with Crippen molar-refractivity contribution in [1.29, 1.82) is 0 Å². The zero-order valence-electron chi connectivity index (χ0n) is 21.7. The van der Waals surface area contributed by atoms with E-state index in [0.29, 0.717) is 17.0 Å². The molecule has 3 aromatic carbocycles. The highest BCUT2D eigenvalue weighted by molar-refractivity contribution is 9.10. The van der Waals surface area contributed by atoms with Gasteiger partial charge in [-0.1, -0.05) is 76.6 Å². The molecule has 8 heteroatoms. The van der Waals surface area contributed by atoms with Crippen LogP contribution in [0.1, 0.15) is 28.3 Å². The Kier molecular flexibility index (Phi) is 6.86. The van der Waals surface area contributed by atoms with Crippen molar-refractivity contribution in [1.82, 2.24) is 14.7 Å². The average Bonchev–Trinajstić information content (AvgIpc) is 3.47. The number of carbonyl (C=O) groups is 2. The van der Waals surface area contributed by atoms with E-state index in [0.717, 1.165) is 37.9 Å². The van der Waals surface area contributed by atoms with Crippen molar-refractivity contribution in [3.8, 4) is 22.4 Å². The molecule has 200 valence electrons. The number of alkyl carbamates (subject to hydrolysis) is 1. The Morgan fingerprint density at radius 1 is 1.00 bits per heavy atom. The molecule has 2 heterocycles. The molecule has 0 spiro atoms. The molecule has 1 atom stereocenters. The van der Waals surface area contributed by atoms with Crippen LogP contribution in [0, 0.1) is 6.92 Å². The van der Waals surface area contributed by atoms with Gasteiger partial charge in [-0.2, -0.15) is 0 Å². The highest BCUT2D eigenvalue weighted by Crippen LogP contribution is 2.44. The second-order valence-corrected chi connectivity index (χ2v) is 10.8. The predicted molar refractivity (Wildman–Crippen MR) is 156 cm³/mol. The third-order valence-electron chi connectivity index (χ3n) is 7.33. The Morgan fingerprint density at radius 2 is 1.65 bits per heavy atom. The number of pyridine rings is 1. The largest absolute Gasteiger partial charge is 0.480 e. The molecule has 2 N–H and O–H groups in total. The third-order valence-corrected chi connectivity index (χ3v) is 7.86. The lowest BCUT2D eigenvalue weighted by Gasteiger charge is -2.18. The summed E-state index contributed by atoms with van der Waals surface area (Å²) in [7, 11) is 0. The van der Waals surface area contributed by atoms with Crippen molar-refractivity contribution in [2.45, 2.75) is 25.3 Å². The summed E-state index contributed by atoms with van der Waals surface area (Å²) in [6.07, 6.45) is 1.13. The van der Waals surface area contributed by atoms with E-state index in [1.165, 1.54) is 0 Å².